The molecule has 110 valence electrons. The minimum Gasteiger partial charge on any atom is -0.330 e. The number of benzene rings is 2. The van der Waals surface area contributed by atoms with Crippen molar-refractivity contribution in [3.63, 3.8) is 0 Å². The third-order valence-corrected chi connectivity index (χ3v) is 4.43. The van der Waals surface area contributed by atoms with Crippen molar-refractivity contribution >= 4 is 0 Å². The predicted molar refractivity (Wildman–Crippen MR) is 88.2 cm³/mol. The molecule has 0 aliphatic carbocycles. The summed E-state index contributed by atoms with van der Waals surface area (Å²) in [5.41, 5.74) is 10.1. The zero-order valence-electron chi connectivity index (χ0n) is 12.5. The van der Waals surface area contributed by atoms with Crippen molar-refractivity contribution in [1.82, 2.24) is 4.90 Å². The average Bonchev–Trinajstić information content (AvgIpc) is 2.54. The third kappa shape index (κ3) is 3.52. The van der Waals surface area contributed by atoms with E-state index in [2.05, 4.69) is 59.5 Å². The highest BCUT2D eigenvalue weighted by Gasteiger charge is 2.25. The highest BCUT2D eigenvalue weighted by atomic mass is 15.2. The second-order valence-electron chi connectivity index (χ2n) is 5.93. The Bertz CT molecular complexity index is 565. The van der Waals surface area contributed by atoms with E-state index in [4.69, 9.17) is 5.73 Å². The van der Waals surface area contributed by atoms with Gasteiger partial charge < -0.3 is 5.73 Å². The molecule has 2 nitrogen and oxygen atoms in total. The minimum absolute atomic E-state index is 0.592. The van der Waals surface area contributed by atoms with Gasteiger partial charge in [-0.05, 0) is 42.5 Å². The van der Waals surface area contributed by atoms with Crippen LogP contribution in [0.4, 0.5) is 0 Å². The van der Waals surface area contributed by atoms with Gasteiger partial charge in [0.2, 0.25) is 0 Å². The Morgan fingerprint density at radius 2 is 1.67 bits per heavy atom. The maximum absolute atomic E-state index is 5.71. The second kappa shape index (κ2) is 6.88. The first-order valence-corrected chi connectivity index (χ1v) is 7.91. The van der Waals surface area contributed by atoms with E-state index in [0.717, 1.165) is 38.9 Å². The van der Waals surface area contributed by atoms with Crippen LogP contribution in [0, 0.1) is 0 Å². The molecular weight excluding hydrogens is 256 g/mol. The number of nitrogens with two attached hydrogens (primary N) is 1. The summed E-state index contributed by atoms with van der Waals surface area (Å²) in [6.07, 6.45) is 3.35. The molecule has 0 fully saturated rings. The van der Waals surface area contributed by atoms with E-state index in [9.17, 15) is 0 Å². The molecule has 1 unspecified atom stereocenters. The van der Waals surface area contributed by atoms with Gasteiger partial charge in [0.1, 0.15) is 0 Å². The molecule has 0 bridgehead atoms. The van der Waals surface area contributed by atoms with Crippen LogP contribution < -0.4 is 5.73 Å². The van der Waals surface area contributed by atoms with Crippen LogP contribution in [-0.2, 0) is 19.4 Å². The molecule has 0 spiro atoms. The van der Waals surface area contributed by atoms with Gasteiger partial charge in [0.25, 0.3) is 0 Å². The number of hydrogen-bond acceptors (Lipinski definition) is 2. The first-order valence-electron chi connectivity index (χ1n) is 7.91. The molecule has 3 rings (SSSR count). The third-order valence-electron chi connectivity index (χ3n) is 4.43. The molecule has 2 heteroatoms. The topological polar surface area (TPSA) is 29.3 Å². The van der Waals surface area contributed by atoms with Crippen molar-refractivity contribution in [3.8, 4) is 0 Å². The summed E-state index contributed by atoms with van der Waals surface area (Å²) in [6, 6.07) is 20.3. The van der Waals surface area contributed by atoms with Gasteiger partial charge in [-0.3, -0.25) is 4.90 Å². The molecular formula is C19H24N2. The summed E-state index contributed by atoms with van der Waals surface area (Å²) in [5, 5.41) is 0. The fraction of sp³-hybridized carbons (Fsp3) is 0.368. The molecule has 1 atom stereocenters. The SMILES string of the molecule is NCCCN1Cc2ccccc2CC1Cc1ccccc1. The summed E-state index contributed by atoms with van der Waals surface area (Å²) >= 11 is 0. The molecule has 0 aromatic heterocycles. The van der Waals surface area contributed by atoms with E-state index in [0.29, 0.717) is 6.04 Å². The van der Waals surface area contributed by atoms with Crippen molar-refractivity contribution < 1.29 is 0 Å². The van der Waals surface area contributed by atoms with E-state index in [-0.39, 0.29) is 0 Å². The monoisotopic (exact) mass is 280 g/mol. The van der Waals surface area contributed by atoms with Gasteiger partial charge in [0.05, 0.1) is 0 Å². The van der Waals surface area contributed by atoms with Crippen LogP contribution in [0.5, 0.6) is 0 Å². The highest BCUT2D eigenvalue weighted by molar-refractivity contribution is 5.31. The minimum atomic E-state index is 0.592. The normalized spacial score (nSPS) is 18.4. The number of fused-ring (bicyclic) bond motifs is 1. The van der Waals surface area contributed by atoms with Gasteiger partial charge in [-0.2, -0.15) is 0 Å². The predicted octanol–water partition coefficient (Wildman–Crippen LogP) is 3.00. The Hall–Kier alpha value is -1.64. The molecule has 1 aliphatic heterocycles. The molecule has 0 saturated carbocycles. The molecule has 0 radical (unpaired) electrons. The lowest BCUT2D eigenvalue weighted by Gasteiger charge is -2.37. The zero-order valence-corrected chi connectivity index (χ0v) is 12.5. The van der Waals surface area contributed by atoms with Gasteiger partial charge in [-0.1, -0.05) is 54.6 Å². The van der Waals surface area contributed by atoms with Crippen LogP contribution in [0.25, 0.3) is 0 Å². The molecule has 1 aliphatic rings. The lowest BCUT2D eigenvalue weighted by molar-refractivity contribution is 0.169. The fourth-order valence-electron chi connectivity index (χ4n) is 3.29. The largest absolute Gasteiger partial charge is 0.330 e. The van der Waals surface area contributed by atoms with E-state index < -0.39 is 0 Å². The lowest BCUT2D eigenvalue weighted by Crippen LogP contribution is -2.42. The van der Waals surface area contributed by atoms with Crippen molar-refractivity contribution in [2.45, 2.75) is 31.8 Å². The van der Waals surface area contributed by atoms with Crippen molar-refractivity contribution in [1.29, 1.82) is 0 Å². The van der Waals surface area contributed by atoms with Gasteiger partial charge in [-0.25, -0.2) is 0 Å². The maximum atomic E-state index is 5.71. The summed E-state index contributed by atoms with van der Waals surface area (Å²) in [6.45, 7) is 2.94. The Morgan fingerprint density at radius 3 is 2.43 bits per heavy atom. The van der Waals surface area contributed by atoms with Crippen molar-refractivity contribution in [2.75, 3.05) is 13.1 Å². The average molecular weight is 280 g/mol. The number of rotatable bonds is 5. The summed E-state index contributed by atoms with van der Waals surface area (Å²) < 4.78 is 0. The standard InChI is InChI=1S/C19H24N2/c20-11-6-12-21-15-18-10-5-4-9-17(18)14-19(21)13-16-7-2-1-3-8-16/h1-5,7-10,19H,6,11-15,20H2. The van der Waals surface area contributed by atoms with E-state index in [1.807, 2.05) is 0 Å². The van der Waals surface area contributed by atoms with Crippen molar-refractivity contribution in [3.05, 3.63) is 71.3 Å². The fourth-order valence-corrected chi connectivity index (χ4v) is 3.29. The first kappa shape index (κ1) is 14.3. The Balaban J connectivity index is 1.78. The first-order chi connectivity index (χ1) is 10.4. The molecule has 0 amide bonds. The summed E-state index contributed by atoms with van der Waals surface area (Å²) in [7, 11) is 0. The molecule has 2 N–H and O–H groups in total. The molecule has 0 saturated heterocycles. The smallest absolute Gasteiger partial charge is 0.0239 e. The molecule has 1 heterocycles. The van der Waals surface area contributed by atoms with Gasteiger partial charge in [0.15, 0.2) is 0 Å². The summed E-state index contributed by atoms with van der Waals surface area (Å²) in [5.74, 6) is 0. The molecule has 21 heavy (non-hydrogen) atoms. The Morgan fingerprint density at radius 1 is 0.952 bits per heavy atom. The van der Waals surface area contributed by atoms with Crippen LogP contribution in [0.3, 0.4) is 0 Å². The van der Waals surface area contributed by atoms with Crippen LogP contribution in [-0.4, -0.2) is 24.0 Å². The van der Waals surface area contributed by atoms with E-state index in [1.165, 1.54) is 16.7 Å². The zero-order chi connectivity index (χ0) is 14.5. The van der Waals surface area contributed by atoms with E-state index >= 15 is 0 Å². The van der Waals surface area contributed by atoms with E-state index in [1.54, 1.807) is 0 Å². The quantitative estimate of drug-likeness (QED) is 0.912. The Labute approximate surface area is 127 Å². The molecule has 2 aromatic carbocycles. The Kier molecular flexibility index (Phi) is 4.69. The van der Waals surface area contributed by atoms with Gasteiger partial charge in [0, 0.05) is 19.1 Å². The number of nitrogens with zero attached hydrogens (tertiary/aromatic N) is 1. The highest BCUT2D eigenvalue weighted by Crippen LogP contribution is 2.25. The molecule has 2 aromatic rings. The number of hydrogen-bond donors (Lipinski definition) is 1. The van der Waals surface area contributed by atoms with Gasteiger partial charge in [-0.15, -0.1) is 0 Å². The van der Waals surface area contributed by atoms with Crippen LogP contribution >= 0.6 is 0 Å². The van der Waals surface area contributed by atoms with Crippen LogP contribution in [0.1, 0.15) is 23.1 Å². The van der Waals surface area contributed by atoms with Crippen LogP contribution in [0.2, 0.25) is 0 Å². The van der Waals surface area contributed by atoms with Crippen LogP contribution in [0.15, 0.2) is 54.6 Å². The summed E-state index contributed by atoms with van der Waals surface area (Å²) in [4.78, 5) is 2.61. The van der Waals surface area contributed by atoms with Crippen molar-refractivity contribution in [2.24, 2.45) is 5.73 Å². The van der Waals surface area contributed by atoms with Gasteiger partial charge >= 0.3 is 0 Å². The maximum Gasteiger partial charge on any atom is 0.0239 e. The second-order valence-corrected chi connectivity index (χ2v) is 5.93. The lowest BCUT2D eigenvalue weighted by atomic mass is 9.90.